The number of nitrogens with one attached hydrogen (secondary N) is 1. The van der Waals surface area contributed by atoms with E-state index in [1.807, 2.05) is 42.0 Å². The van der Waals surface area contributed by atoms with Gasteiger partial charge in [0.15, 0.2) is 5.03 Å². The van der Waals surface area contributed by atoms with Gasteiger partial charge in [-0.15, -0.1) is 0 Å². The maximum atomic E-state index is 12.3. The number of hydrogen-bond acceptors (Lipinski definition) is 4. The van der Waals surface area contributed by atoms with Crippen LogP contribution in [0.25, 0.3) is 10.9 Å². The van der Waals surface area contributed by atoms with Gasteiger partial charge < -0.3 is 9.13 Å². The molecule has 126 valence electrons. The number of halogens is 1. The Morgan fingerprint density at radius 2 is 2.04 bits per heavy atom. The molecular formula is C15H15ClN4O3S. The summed E-state index contributed by atoms with van der Waals surface area (Å²) in [5, 5.41) is 0.842. The molecule has 0 saturated heterocycles. The number of rotatable bonds is 4. The number of para-hydroxylation sites is 1. The Morgan fingerprint density at radius 1 is 1.33 bits per heavy atom. The monoisotopic (exact) mass is 366 g/mol. The molecule has 9 heteroatoms. The molecule has 0 aliphatic rings. The maximum absolute atomic E-state index is 12.3. The van der Waals surface area contributed by atoms with Crippen LogP contribution in [0.15, 0.2) is 41.6 Å². The average Bonchev–Trinajstić information content (AvgIpc) is 3.00. The van der Waals surface area contributed by atoms with Crippen LogP contribution in [0.3, 0.4) is 0 Å². The highest BCUT2D eigenvalue weighted by Gasteiger charge is 2.23. The van der Waals surface area contributed by atoms with Gasteiger partial charge in [0.05, 0.1) is 6.20 Å². The lowest BCUT2D eigenvalue weighted by Gasteiger charge is -2.10. The first-order chi connectivity index (χ1) is 11.3. The molecule has 3 rings (SSSR count). The van der Waals surface area contributed by atoms with Crippen LogP contribution in [-0.2, 0) is 28.4 Å². The van der Waals surface area contributed by atoms with E-state index in [1.165, 1.54) is 11.6 Å². The van der Waals surface area contributed by atoms with Crippen LogP contribution in [0.4, 0.5) is 0 Å². The predicted octanol–water partition coefficient (Wildman–Crippen LogP) is 1.84. The zero-order chi connectivity index (χ0) is 17.5. The minimum Gasteiger partial charge on any atom is -0.335 e. The fourth-order valence-corrected chi connectivity index (χ4v) is 3.86. The molecule has 1 amide bonds. The number of fused-ring (bicyclic) bond motifs is 1. The van der Waals surface area contributed by atoms with Crippen molar-refractivity contribution in [2.75, 3.05) is 0 Å². The lowest BCUT2D eigenvalue weighted by Crippen LogP contribution is -2.34. The molecule has 1 aromatic carbocycles. The van der Waals surface area contributed by atoms with Crippen molar-refractivity contribution in [3.63, 3.8) is 0 Å². The summed E-state index contributed by atoms with van der Waals surface area (Å²) in [5.41, 5.74) is 1.73. The summed E-state index contributed by atoms with van der Waals surface area (Å²) in [6, 6.07) is 9.53. The second kappa shape index (κ2) is 5.95. The summed E-state index contributed by atoms with van der Waals surface area (Å²) >= 11 is 5.74. The second-order valence-electron chi connectivity index (χ2n) is 5.38. The summed E-state index contributed by atoms with van der Waals surface area (Å²) in [6.07, 6.45) is 1.11. The first-order valence-corrected chi connectivity index (χ1v) is 8.93. The van der Waals surface area contributed by atoms with E-state index in [-0.39, 0.29) is 16.9 Å². The fourth-order valence-electron chi connectivity index (χ4n) is 2.56. The van der Waals surface area contributed by atoms with Gasteiger partial charge in [-0.2, -0.15) is 8.42 Å². The van der Waals surface area contributed by atoms with Crippen molar-refractivity contribution in [2.45, 2.75) is 18.5 Å². The minimum absolute atomic E-state index is 0.0232. The van der Waals surface area contributed by atoms with Crippen molar-refractivity contribution in [1.82, 2.24) is 18.8 Å². The Balaban J connectivity index is 1.85. The largest absolute Gasteiger partial charge is 0.335 e. The van der Waals surface area contributed by atoms with Gasteiger partial charge in [0.2, 0.25) is 5.28 Å². The van der Waals surface area contributed by atoms with Crippen LogP contribution in [0.5, 0.6) is 0 Å². The molecule has 0 fully saturated rings. The van der Waals surface area contributed by atoms with Gasteiger partial charge in [0.25, 0.3) is 15.9 Å². The molecule has 0 unspecified atom stereocenters. The van der Waals surface area contributed by atoms with Crippen molar-refractivity contribution in [2.24, 2.45) is 7.05 Å². The molecular weight excluding hydrogens is 352 g/mol. The standard InChI is InChI=1S/C15H15ClN4O3S/c1-10-7-11-5-3-4-6-12(11)20(10)9-13(21)18-24(22,23)14-8-17-15(16)19(14)2/h3-8H,9H2,1-2H3,(H,18,21). The molecule has 24 heavy (non-hydrogen) atoms. The van der Waals surface area contributed by atoms with Gasteiger partial charge in [-0.1, -0.05) is 18.2 Å². The Kier molecular flexibility index (Phi) is 4.10. The van der Waals surface area contributed by atoms with Gasteiger partial charge in [-0.25, -0.2) is 9.71 Å². The summed E-state index contributed by atoms with van der Waals surface area (Å²) in [6.45, 7) is 1.76. The van der Waals surface area contributed by atoms with E-state index in [1.54, 1.807) is 4.57 Å². The van der Waals surface area contributed by atoms with Crippen molar-refractivity contribution in [1.29, 1.82) is 0 Å². The van der Waals surface area contributed by atoms with Crippen molar-refractivity contribution in [3.8, 4) is 0 Å². The normalized spacial score (nSPS) is 11.8. The highest BCUT2D eigenvalue weighted by Crippen LogP contribution is 2.19. The number of amides is 1. The van der Waals surface area contributed by atoms with Crippen molar-refractivity contribution >= 4 is 38.4 Å². The quantitative estimate of drug-likeness (QED) is 0.763. The minimum atomic E-state index is -4.04. The van der Waals surface area contributed by atoms with Crippen molar-refractivity contribution < 1.29 is 13.2 Å². The maximum Gasteiger partial charge on any atom is 0.281 e. The Morgan fingerprint density at radius 3 is 2.71 bits per heavy atom. The number of aryl methyl sites for hydroxylation is 1. The summed E-state index contributed by atoms with van der Waals surface area (Å²) in [7, 11) is -2.58. The highest BCUT2D eigenvalue weighted by molar-refractivity contribution is 7.90. The number of imidazole rings is 1. The van der Waals surface area contributed by atoms with Crippen LogP contribution in [-0.4, -0.2) is 28.4 Å². The smallest absolute Gasteiger partial charge is 0.281 e. The summed E-state index contributed by atoms with van der Waals surface area (Å²) in [4.78, 5) is 16.0. The molecule has 0 radical (unpaired) electrons. The van der Waals surface area contributed by atoms with Crippen LogP contribution < -0.4 is 4.72 Å². The number of carbonyl (C=O) groups excluding carboxylic acids is 1. The second-order valence-corrected chi connectivity index (χ2v) is 7.35. The van der Waals surface area contributed by atoms with E-state index in [9.17, 15) is 13.2 Å². The zero-order valence-corrected chi connectivity index (χ0v) is 14.6. The fraction of sp³-hybridized carbons (Fsp3) is 0.200. The van der Waals surface area contributed by atoms with Crippen LogP contribution in [0.1, 0.15) is 5.69 Å². The van der Waals surface area contributed by atoms with E-state index in [0.29, 0.717) is 0 Å². The van der Waals surface area contributed by atoms with E-state index >= 15 is 0 Å². The SMILES string of the molecule is Cc1cc2ccccc2n1CC(=O)NS(=O)(=O)c1cnc(Cl)n1C. The average molecular weight is 367 g/mol. The van der Waals surface area contributed by atoms with Crippen LogP contribution in [0.2, 0.25) is 5.28 Å². The molecule has 0 aliphatic heterocycles. The number of nitrogens with zero attached hydrogens (tertiary/aromatic N) is 3. The summed E-state index contributed by atoms with van der Waals surface area (Å²) in [5.74, 6) is -0.642. The number of sulfonamides is 1. The first-order valence-electron chi connectivity index (χ1n) is 7.07. The Hall–Kier alpha value is -2.32. The molecule has 3 aromatic rings. The van der Waals surface area contributed by atoms with E-state index in [0.717, 1.165) is 22.8 Å². The third kappa shape index (κ3) is 2.90. The van der Waals surface area contributed by atoms with Gasteiger partial charge in [-0.3, -0.25) is 4.79 Å². The van der Waals surface area contributed by atoms with E-state index in [4.69, 9.17) is 11.6 Å². The number of carbonyl (C=O) groups is 1. The molecule has 2 heterocycles. The van der Waals surface area contributed by atoms with Gasteiger partial charge in [0.1, 0.15) is 6.54 Å². The van der Waals surface area contributed by atoms with Crippen molar-refractivity contribution in [3.05, 3.63) is 47.5 Å². The summed E-state index contributed by atoms with van der Waals surface area (Å²) < 4.78 is 29.6. The molecule has 0 atom stereocenters. The lowest BCUT2D eigenvalue weighted by molar-refractivity contribution is -0.119. The molecule has 0 aliphatic carbocycles. The van der Waals surface area contributed by atoms with Gasteiger partial charge in [0, 0.05) is 18.3 Å². The molecule has 7 nitrogen and oxygen atoms in total. The number of hydrogen-bond donors (Lipinski definition) is 1. The van der Waals surface area contributed by atoms with Gasteiger partial charge in [-0.05, 0) is 36.0 Å². The highest BCUT2D eigenvalue weighted by atomic mass is 35.5. The molecule has 1 N–H and O–H groups in total. The Bertz CT molecular complexity index is 1040. The topological polar surface area (TPSA) is 86.0 Å². The van der Waals surface area contributed by atoms with E-state index < -0.39 is 15.9 Å². The van der Waals surface area contributed by atoms with Crippen LogP contribution >= 0.6 is 11.6 Å². The third-order valence-electron chi connectivity index (χ3n) is 3.73. The molecule has 2 aromatic heterocycles. The van der Waals surface area contributed by atoms with E-state index in [2.05, 4.69) is 4.98 Å². The number of benzene rings is 1. The number of aromatic nitrogens is 3. The molecule has 0 spiro atoms. The third-order valence-corrected chi connectivity index (χ3v) is 5.51. The van der Waals surface area contributed by atoms with Crippen LogP contribution in [0, 0.1) is 6.92 Å². The predicted molar refractivity (Wildman–Crippen MR) is 90.2 cm³/mol. The lowest BCUT2D eigenvalue weighted by atomic mass is 10.2. The first kappa shape index (κ1) is 16.5. The van der Waals surface area contributed by atoms with Gasteiger partial charge >= 0.3 is 0 Å². The molecule has 0 saturated carbocycles. The zero-order valence-electron chi connectivity index (χ0n) is 13.0. The Labute approximate surface area is 143 Å². The molecule has 0 bridgehead atoms.